The van der Waals surface area contributed by atoms with Crippen molar-refractivity contribution in [3.63, 3.8) is 0 Å². The summed E-state index contributed by atoms with van der Waals surface area (Å²) in [6, 6.07) is 3.28. The number of allylic oxidation sites excluding steroid dienone is 1. The summed E-state index contributed by atoms with van der Waals surface area (Å²) in [7, 11) is -2.28. The van der Waals surface area contributed by atoms with Gasteiger partial charge < -0.3 is 15.4 Å². The smallest absolute Gasteiger partial charge is 0.255 e. The summed E-state index contributed by atoms with van der Waals surface area (Å²) in [5, 5.41) is 6.76. The third kappa shape index (κ3) is 5.13. The average Bonchev–Trinajstić information content (AvgIpc) is 3.33. The Kier molecular flexibility index (Phi) is 6.99. The third-order valence-electron chi connectivity index (χ3n) is 6.57. The standard InChI is InChI=1S/C23H33N3O4S/c1-24-31(28,29)18-14-17-9-6-12-30-22(17)19(15-18)23(27)26-21(20-10-5-11-25-20)13-16-7-3-2-4-8-16/h7,14-15,20-21,24-25H,2-6,8-13H2,1H3,(H,26,27). The molecule has 0 radical (unpaired) electrons. The zero-order chi connectivity index (χ0) is 21.8. The topological polar surface area (TPSA) is 96.5 Å². The Morgan fingerprint density at radius 3 is 2.81 bits per heavy atom. The van der Waals surface area contributed by atoms with Gasteiger partial charge in [0.2, 0.25) is 10.0 Å². The lowest BCUT2D eigenvalue weighted by molar-refractivity contribution is 0.0923. The van der Waals surface area contributed by atoms with E-state index in [1.807, 2.05) is 0 Å². The zero-order valence-electron chi connectivity index (χ0n) is 18.2. The van der Waals surface area contributed by atoms with Crippen LogP contribution in [0.2, 0.25) is 0 Å². The maximum Gasteiger partial charge on any atom is 0.255 e. The minimum atomic E-state index is -3.66. The first-order valence-corrected chi connectivity index (χ1v) is 12.9. The summed E-state index contributed by atoms with van der Waals surface area (Å²) in [5.41, 5.74) is 2.50. The lowest BCUT2D eigenvalue weighted by Crippen LogP contribution is -2.48. The molecule has 4 rings (SSSR count). The van der Waals surface area contributed by atoms with Gasteiger partial charge >= 0.3 is 0 Å². The Morgan fingerprint density at radius 2 is 2.10 bits per heavy atom. The minimum Gasteiger partial charge on any atom is -0.492 e. The number of hydrogen-bond acceptors (Lipinski definition) is 5. The molecule has 1 aromatic rings. The Labute approximate surface area is 185 Å². The number of aryl methyl sites for hydroxylation is 1. The largest absolute Gasteiger partial charge is 0.492 e. The SMILES string of the molecule is CNS(=O)(=O)c1cc2c(c(C(=O)NC(CC3=CCCCC3)C3CCCN3)c1)OCCC2. The first-order chi connectivity index (χ1) is 15.0. The lowest BCUT2D eigenvalue weighted by atomic mass is 9.91. The number of fused-ring (bicyclic) bond motifs is 1. The minimum absolute atomic E-state index is 0.0249. The number of rotatable bonds is 7. The molecule has 2 heterocycles. The zero-order valence-corrected chi connectivity index (χ0v) is 19.0. The molecule has 2 atom stereocenters. The van der Waals surface area contributed by atoms with E-state index in [2.05, 4.69) is 21.4 Å². The van der Waals surface area contributed by atoms with E-state index in [1.54, 1.807) is 6.07 Å². The van der Waals surface area contributed by atoms with E-state index < -0.39 is 10.0 Å². The maximum absolute atomic E-state index is 13.4. The Bertz CT molecular complexity index is 952. The molecule has 170 valence electrons. The molecule has 8 heteroatoms. The Hall–Kier alpha value is -1.90. The van der Waals surface area contributed by atoms with Crippen LogP contribution in [0.3, 0.4) is 0 Å². The molecule has 1 saturated heterocycles. The van der Waals surface area contributed by atoms with Crippen molar-refractivity contribution in [3.05, 3.63) is 34.9 Å². The van der Waals surface area contributed by atoms with Crippen molar-refractivity contribution in [2.75, 3.05) is 20.2 Å². The monoisotopic (exact) mass is 447 g/mol. The number of sulfonamides is 1. The number of ether oxygens (including phenoxy) is 1. The fourth-order valence-corrected chi connectivity index (χ4v) is 5.67. The lowest BCUT2D eigenvalue weighted by Gasteiger charge is -2.28. The predicted octanol–water partition coefficient (Wildman–Crippen LogP) is 2.66. The highest BCUT2D eigenvalue weighted by Gasteiger charge is 2.30. The van der Waals surface area contributed by atoms with E-state index in [0.717, 1.165) is 50.6 Å². The van der Waals surface area contributed by atoms with Crippen LogP contribution in [-0.2, 0) is 16.4 Å². The van der Waals surface area contributed by atoms with Crippen LogP contribution in [0.25, 0.3) is 0 Å². The summed E-state index contributed by atoms with van der Waals surface area (Å²) in [6.45, 7) is 1.50. The van der Waals surface area contributed by atoms with Crippen molar-refractivity contribution in [1.29, 1.82) is 0 Å². The van der Waals surface area contributed by atoms with Crippen LogP contribution in [0.15, 0.2) is 28.7 Å². The van der Waals surface area contributed by atoms with Crippen molar-refractivity contribution in [3.8, 4) is 5.75 Å². The second-order valence-electron chi connectivity index (χ2n) is 8.71. The highest BCUT2D eigenvalue weighted by Crippen LogP contribution is 2.33. The molecule has 2 aliphatic heterocycles. The normalized spacial score (nSPS) is 22.2. The molecule has 1 aromatic carbocycles. The Balaban J connectivity index is 1.63. The molecule has 0 saturated carbocycles. The third-order valence-corrected chi connectivity index (χ3v) is 7.96. The van der Waals surface area contributed by atoms with Crippen LogP contribution >= 0.6 is 0 Å². The van der Waals surface area contributed by atoms with Gasteiger partial charge in [0.05, 0.1) is 17.1 Å². The van der Waals surface area contributed by atoms with Gasteiger partial charge in [-0.25, -0.2) is 13.1 Å². The highest BCUT2D eigenvalue weighted by atomic mass is 32.2. The van der Waals surface area contributed by atoms with Crippen LogP contribution in [0.5, 0.6) is 5.75 Å². The first-order valence-electron chi connectivity index (χ1n) is 11.4. The van der Waals surface area contributed by atoms with Gasteiger partial charge in [0.1, 0.15) is 5.75 Å². The van der Waals surface area contributed by atoms with Crippen molar-refractivity contribution < 1.29 is 17.9 Å². The molecule has 7 nitrogen and oxygen atoms in total. The molecule has 0 bridgehead atoms. The molecule has 1 amide bonds. The molecule has 0 aromatic heterocycles. The quantitative estimate of drug-likeness (QED) is 0.559. The number of nitrogens with one attached hydrogen (secondary N) is 3. The number of carbonyl (C=O) groups excluding carboxylic acids is 1. The fraction of sp³-hybridized carbons (Fsp3) is 0.609. The molecule has 31 heavy (non-hydrogen) atoms. The van der Waals surface area contributed by atoms with Crippen LogP contribution in [0.1, 0.15) is 67.3 Å². The summed E-state index contributed by atoms with van der Waals surface area (Å²) in [6.07, 6.45) is 11.4. The number of hydrogen-bond donors (Lipinski definition) is 3. The van der Waals surface area contributed by atoms with E-state index in [-0.39, 0.29) is 22.9 Å². The van der Waals surface area contributed by atoms with Gasteiger partial charge in [-0.1, -0.05) is 11.6 Å². The van der Waals surface area contributed by atoms with Gasteiger partial charge in [-0.3, -0.25) is 4.79 Å². The van der Waals surface area contributed by atoms with Gasteiger partial charge in [-0.05, 0) is 89.1 Å². The predicted molar refractivity (Wildman–Crippen MR) is 120 cm³/mol. The molecule has 2 unspecified atom stereocenters. The number of carbonyl (C=O) groups is 1. The molecule has 1 fully saturated rings. The summed E-state index contributed by atoms with van der Waals surface area (Å²) < 4.78 is 33.1. The van der Waals surface area contributed by atoms with Gasteiger partial charge in [0.25, 0.3) is 5.91 Å². The second kappa shape index (κ2) is 9.71. The van der Waals surface area contributed by atoms with E-state index in [9.17, 15) is 13.2 Å². The average molecular weight is 448 g/mol. The molecule has 3 aliphatic rings. The van der Waals surface area contributed by atoms with Gasteiger partial charge in [0, 0.05) is 12.1 Å². The summed E-state index contributed by atoms with van der Waals surface area (Å²) in [4.78, 5) is 13.5. The van der Waals surface area contributed by atoms with Crippen LogP contribution in [-0.4, -0.2) is 46.6 Å². The van der Waals surface area contributed by atoms with E-state index in [1.165, 1.54) is 31.5 Å². The van der Waals surface area contributed by atoms with E-state index >= 15 is 0 Å². The van der Waals surface area contributed by atoms with Crippen LogP contribution < -0.4 is 20.1 Å². The molecule has 1 aliphatic carbocycles. The van der Waals surface area contributed by atoms with Crippen molar-refractivity contribution >= 4 is 15.9 Å². The number of benzene rings is 1. The molecular formula is C23H33N3O4S. The summed E-state index contributed by atoms with van der Waals surface area (Å²) in [5.74, 6) is 0.259. The van der Waals surface area contributed by atoms with Gasteiger partial charge in [-0.15, -0.1) is 0 Å². The highest BCUT2D eigenvalue weighted by molar-refractivity contribution is 7.89. The maximum atomic E-state index is 13.4. The molecular weight excluding hydrogens is 414 g/mol. The number of amides is 1. The molecule has 3 N–H and O–H groups in total. The van der Waals surface area contributed by atoms with Crippen molar-refractivity contribution in [2.24, 2.45) is 0 Å². The second-order valence-corrected chi connectivity index (χ2v) is 10.6. The first kappa shape index (κ1) is 22.3. The van der Waals surface area contributed by atoms with Crippen molar-refractivity contribution in [2.45, 2.75) is 74.8 Å². The van der Waals surface area contributed by atoms with E-state index in [0.29, 0.717) is 24.3 Å². The van der Waals surface area contributed by atoms with Crippen LogP contribution in [0.4, 0.5) is 0 Å². The van der Waals surface area contributed by atoms with E-state index in [4.69, 9.17) is 4.74 Å². The fourth-order valence-electron chi connectivity index (χ4n) is 4.86. The summed E-state index contributed by atoms with van der Waals surface area (Å²) >= 11 is 0. The Morgan fingerprint density at radius 1 is 1.23 bits per heavy atom. The van der Waals surface area contributed by atoms with Gasteiger partial charge in [-0.2, -0.15) is 0 Å². The van der Waals surface area contributed by atoms with Gasteiger partial charge in [0.15, 0.2) is 0 Å². The molecule has 0 spiro atoms. The van der Waals surface area contributed by atoms with Crippen LogP contribution in [0, 0.1) is 0 Å². The van der Waals surface area contributed by atoms with Crippen molar-refractivity contribution in [1.82, 2.24) is 15.4 Å².